The summed E-state index contributed by atoms with van der Waals surface area (Å²) in [4.78, 5) is 13.0. The van der Waals surface area contributed by atoms with Crippen LogP contribution in [0.15, 0.2) is 96.7 Å². The first-order valence-corrected chi connectivity index (χ1v) is 11.4. The minimum atomic E-state index is -0.463. The monoisotopic (exact) mass is 458 g/mol. The highest BCUT2D eigenvalue weighted by molar-refractivity contribution is 8.00. The van der Waals surface area contributed by atoms with Gasteiger partial charge in [-0.1, -0.05) is 78.5 Å². The summed E-state index contributed by atoms with van der Waals surface area (Å²) in [6.45, 7) is 5.98. The smallest absolute Gasteiger partial charge is 0.237 e. The van der Waals surface area contributed by atoms with E-state index in [2.05, 4.69) is 22.1 Å². The Morgan fingerprint density at radius 2 is 1.70 bits per heavy atom. The van der Waals surface area contributed by atoms with Crippen LogP contribution in [0.25, 0.3) is 22.5 Å². The van der Waals surface area contributed by atoms with Crippen molar-refractivity contribution < 1.29 is 9.18 Å². The molecule has 1 atom stereocenters. The number of halogens is 1. The summed E-state index contributed by atoms with van der Waals surface area (Å²) in [5.74, 6) is -0.142. The minimum absolute atomic E-state index is 0.163. The lowest BCUT2D eigenvalue weighted by Gasteiger charge is -2.15. The second kappa shape index (κ2) is 10.3. The standard InChI is InChI=1S/C26H23FN4OS/c1-3-17-31-24(21-14-7-9-15-22(21)27)29-30-26(31)33-18(2)25(32)28-23-16-10-8-13-20(23)19-11-5-4-6-12-19/h3-16,18H,1,17H2,2H3,(H,28,32). The number of benzene rings is 3. The predicted molar refractivity (Wildman–Crippen MR) is 131 cm³/mol. The molecule has 0 aliphatic carbocycles. The molecule has 0 aliphatic heterocycles. The number of rotatable bonds is 8. The predicted octanol–water partition coefficient (Wildman–Crippen LogP) is 6.06. The number of carbonyl (C=O) groups is 1. The Morgan fingerprint density at radius 3 is 2.42 bits per heavy atom. The lowest BCUT2D eigenvalue weighted by molar-refractivity contribution is -0.115. The molecule has 1 unspecified atom stereocenters. The molecule has 0 bridgehead atoms. The fourth-order valence-corrected chi connectivity index (χ4v) is 4.28. The van der Waals surface area contributed by atoms with E-state index in [4.69, 9.17) is 0 Å². The molecule has 1 heterocycles. The normalized spacial score (nSPS) is 11.7. The van der Waals surface area contributed by atoms with Crippen LogP contribution in [0.1, 0.15) is 6.92 Å². The van der Waals surface area contributed by atoms with Crippen LogP contribution in [-0.2, 0) is 11.3 Å². The van der Waals surface area contributed by atoms with Gasteiger partial charge in [-0.2, -0.15) is 0 Å². The number of carbonyl (C=O) groups excluding carboxylic acids is 1. The molecule has 3 aromatic carbocycles. The number of anilines is 1. The molecule has 33 heavy (non-hydrogen) atoms. The van der Waals surface area contributed by atoms with E-state index in [1.165, 1.54) is 17.8 Å². The van der Waals surface area contributed by atoms with Gasteiger partial charge in [0.1, 0.15) is 5.82 Å². The minimum Gasteiger partial charge on any atom is -0.325 e. The quantitative estimate of drug-likeness (QED) is 0.258. The van der Waals surface area contributed by atoms with Gasteiger partial charge in [-0.25, -0.2) is 4.39 Å². The average Bonchev–Trinajstić information content (AvgIpc) is 3.22. The molecule has 0 spiro atoms. The zero-order chi connectivity index (χ0) is 23.2. The molecular formula is C26H23FN4OS. The van der Waals surface area contributed by atoms with Gasteiger partial charge in [0.05, 0.1) is 10.8 Å². The van der Waals surface area contributed by atoms with Gasteiger partial charge in [0.25, 0.3) is 0 Å². The molecule has 7 heteroatoms. The molecule has 0 aliphatic rings. The number of para-hydroxylation sites is 1. The first-order valence-electron chi connectivity index (χ1n) is 10.5. The van der Waals surface area contributed by atoms with E-state index in [0.717, 1.165) is 16.8 Å². The van der Waals surface area contributed by atoms with Crippen molar-refractivity contribution in [3.8, 4) is 22.5 Å². The lowest BCUT2D eigenvalue weighted by atomic mass is 10.0. The highest BCUT2D eigenvalue weighted by Gasteiger charge is 2.22. The van der Waals surface area contributed by atoms with Gasteiger partial charge >= 0.3 is 0 Å². The third kappa shape index (κ3) is 5.04. The van der Waals surface area contributed by atoms with Crippen molar-refractivity contribution in [3.05, 3.63) is 97.3 Å². The summed E-state index contributed by atoms with van der Waals surface area (Å²) in [6, 6.07) is 24.0. The summed E-state index contributed by atoms with van der Waals surface area (Å²) in [6.07, 6.45) is 1.69. The van der Waals surface area contributed by atoms with E-state index < -0.39 is 5.25 Å². The highest BCUT2D eigenvalue weighted by Crippen LogP contribution is 2.31. The van der Waals surface area contributed by atoms with Crippen LogP contribution in [0.4, 0.5) is 10.1 Å². The third-order valence-corrected chi connectivity index (χ3v) is 6.14. The Hall–Kier alpha value is -3.71. The number of hydrogen-bond acceptors (Lipinski definition) is 4. The molecule has 0 saturated heterocycles. The third-order valence-electron chi connectivity index (χ3n) is 5.06. The molecule has 5 nitrogen and oxygen atoms in total. The molecule has 1 amide bonds. The number of aromatic nitrogens is 3. The van der Waals surface area contributed by atoms with E-state index in [1.807, 2.05) is 54.6 Å². The molecule has 0 radical (unpaired) electrons. The number of thioether (sulfide) groups is 1. The number of hydrogen-bond donors (Lipinski definition) is 1. The van der Waals surface area contributed by atoms with Crippen molar-refractivity contribution in [2.45, 2.75) is 23.9 Å². The van der Waals surface area contributed by atoms with E-state index in [1.54, 1.807) is 35.8 Å². The van der Waals surface area contributed by atoms with E-state index in [0.29, 0.717) is 23.1 Å². The van der Waals surface area contributed by atoms with E-state index in [9.17, 15) is 9.18 Å². The van der Waals surface area contributed by atoms with Crippen LogP contribution in [0.2, 0.25) is 0 Å². The Balaban J connectivity index is 1.55. The fraction of sp³-hybridized carbons (Fsp3) is 0.115. The summed E-state index contributed by atoms with van der Waals surface area (Å²) in [5, 5.41) is 11.5. The van der Waals surface area contributed by atoms with Crippen molar-refractivity contribution >= 4 is 23.4 Å². The Kier molecular flexibility index (Phi) is 7.00. The Morgan fingerprint density at radius 1 is 1.03 bits per heavy atom. The molecule has 0 fully saturated rings. The van der Waals surface area contributed by atoms with Crippen LogP contribution in [-0.4, -0.2) is 25.9 Å². The average molecular weight is 459 g/mol. The molecule has 4 aromatic rings. The fourth-order valence-electron chi connectivity index (χ4n) is 3.42. The van der Waals surface area contributed by atoms with Crippen LogP contribution in [0.3, 0.4) is 0 Å². The van der Waals surface area contributed by atoms with E-state index in [-0.39, 0.29) is 11.7 Å². The highest BCUT2D eigenvalue weighted by atomic mass is 32.2. The van der Waals surface area contributed by atoms with Crippen molar-refractivity contribution in [1.29, 1.82) is 0 Å². The second-order valence-corrected chi connectivity index (χ2v) is 8.65. The van der Waals surface area contributed by atoms with Gasteiger partial charge < -0.3 is 5.32 Å². The number of allylic oxidation sites excluding steroid dienone is 1. The Bertz CT molecular complexity index is 1270. The van der Waals surface area contributed by atoms with Gasteiger partial charge in [0.2, 0.25) is 5.91 Å². The summed E-state index contributed by atoms with van der Waals surface area (Å²) in [5.41, 5.74) is 3.06. The molecule has 1 N–H and O–H groups in total. The maximum absolute atomic E-state index is 14.3. The number of nitrogens with zero attached hydrogens (tertiary/aromatic N) is 3. The molecule has 166 valence electrons. The second-order valence-electron chi connectivity index (χ2n) is 7.35. The number of amides is 1. The summed E-state index contributed by atoms with van der Waals surface area (Å²) in [7, 11) is 0. The molecule has 0 saturated carbocycles. The van der Waals surface area contributed by atoms with Gasteiger partial charge in [-0.3, -0.25) is 9.36 Å². The lowest BCUT2D eigenvalue weighted by Crippen LogP contribution is -2.23. The van der Waals surface area contributed by atoms with Crippen LogP contribution in [0, 0.1) is 5.82 Å². The Labute approximate surface area is 196 Å². The maximum Gasteiger partial charge on any atom is 0.237 e. The van der Waals surface area contributed by atoms with Gasteiger partial charge in [-0.15, -0.1) is 16.8 Å². The molecule has 4 rings (SSSR count). The van der Waals surface area contributed by atoms with Crippen molar-refractivity contribution in [3.63, 3.8) is 0 Å². The van der Waals surface area contributed by atoms with Crippen LogP contribution in [0.5, 0.6) is 0 Å². The number of nitrogens with one attached hydrogen (secondary N) is 1. The van der Waals surface area contributed by atoms with Crippen LogP contribution < -0.4 is 5.32 Å². The van der Waals surface area contributed by atoms with E-state index >= 15 is 0 Å². The topological polar surface area (TPSA) is 59.8 Å². The van der Waals surface area contributed by atoms with Gasteiger partial charge in [-0.05, 0) is 30.7 Å². The SMILES string of the molecule is C=CCn1c(SC(C)C(=O)Nc2ccccc2-c2ccccc2)nnc1-c1ccccc1F. The van der Waals surface area contributed by atoms with Gasteiger partial charge in [0.15, 0.2) is 11.0 Å². The van der Waals surface area contributed by atoms with Crippen molar-refractivity contribution in [2.24, 2.45) is 0 Å². The maximum atomic E-state index is 14.3. The van der Waals surface area contributed by atoms with Crippen molar-refractivity contribution in [1.82, 2.24) is 14.8 Å². The zero-order valence-corrected chi connectivity index (χ0v) is 18.9. The first-order chi connectivity index (χ1) is 16.1. The first kappa shape index (κ1) is 22.5. The summed E-state index contributed by atoms with van der Waals surface area (Å²) >= 11 is 1.27. The van der Waals surface area contributed by atoms with Crippen molar-refractivity contribution in [2.75, 3.05) is 5.32 Å². The molecule has 1 aromatic heterocycles. The zero-order valence-electron chi connectivity index (χ0n) is 18.1. The largest absolute Gasteiger partial charge is 0.325 e. The van der Waals surface area contributed by atoms with Gasteiger partial charge in [0, 0.05) is 17.8 Å². The summed E-state index contributed by atoms with van der Waals surface area (Å²) < 4.78 is 16.1. The van der Waals surface area contributed by atoms with Crippen LogP contribution >= 0.6 is 11.8 Å². The molecular weight excluding hydrogens is 435 g/mol.